The second-order valence-corrected chi connectivity index (χ2v) is 7.88. The van der Waals surface area contributed by atoms with E-state index in [1.54, 1.807) is 6.92 Å². The number of benzene rings is 2. The molecule has 3 N–H and O–H groups in total. The number of hydrogen-bond donors (Lipinski definition) is 3. The molecule has 30 heavy (non-hydrogen) atoms. The summed E-state index contributed by atoms with van der Waals surface area (Å²) in [7, 11) is 0. The lowest BCUT2D eigenvalue weighted by Gasteiger charge is -2.17. The highest BCUT2D eigenvalue weighted by atomic mass is 16.5. The minimum absolute atomic E-state index is 0.0342. The van der Waals surface area contributed by atoms with Gasteiger partial charge in [-0.05, 0) is 41.5 Å². The number of carbonyl (C=O) groups excluding carboxylic acids is 2. The van der Waals surface area contributed by atoms with Crippen molar-refractivity contribution in [3.8, 4) is 11.1 Å². The Hall–Kier alpha value is -3.35. The molecule has 2 aromatic rings. The molecule has 7 nitrogen and oxygen atoms in total. The Bertz CT molecular complexity index is 944. The van der Waals surface area contributed by atoms with Gasteiger partial charge in [-0.25, -0.2) is 4.79 Å². The molecule has 0 saturated heterocycles. The van der Waals surface area contributed by atoms with Gasteiger partial charge in [0.25, 0.3) is 0 Å². The lowest BCUT2D eigenvalue weighted by molar-refractivity contribution is -0.139. The monoisotopic (exact) mass is 408 g/mol. The second kappa shape index (κ2) is 8.18. The summed E-state index contributed by atoms with van der Waals surface area (Å²) in [4.78, 5) is 35.2. The third-order valence-electron chi connectivity index (χ3n) is 5.85. The first-order valence-corrected chi connectivity index (χ1v) is 10.1. The highest BCUT2D eigenvalue weighted by Gasteiger charge is 2.43. The SMILES string of the molecule is C[C@@H](NC(=O)OCC1c2ccccc2-c2ccccc21)C(=O)NCC1CC1C(=O)O. The summed E-state index contributed by atoms with van der Waals surface area (Å²) in [5.41, 5.74) is 4.54. The number of hydrogen-bond acceptors (Lipinski definition) is 4. The lowest BCUT2D eigenvalue weighted by atomic mass is 9.98. The molecule has 0 bridgehead atoms. The third-order valence-corrected chi connectivity index (χ3v) is 5.85. The maximum Gasteiger partial charge on any atom is 0.407 e. The van der Waals surface area contributed by atoms with Crippen LogP contribution in [0.3, 0.4) is 0 Å². The predicted octanol–water partition coefficient (Wildman–Crippen LogP) is 2.75. The molecule has 0 aliphatic heterocycles. The van der Waals surface area contributed by atoms with Crippen LogP contribution in [0.1, 0.15) is 30.4 Å². The normalized spacial score (nSPS) is 19.9. The molecule has 0 heterocycles. The van der Waals surface area contributed by atoms with E-state index in [1.165, 1.54) is 0 Å². The number of rotatable bonds is 7. The van der Waals surface area contributed by atoms with Crippen LogP contribution in [0.2, 0.25) is 0 Å². The summed E-state index contributed by atoms with van der Waals surface area (Å²) in [6.07, 6.45) is -0.0848. The minimum atomic E-state index is -0.834. The second-order valence-electron chi connectivity index (χ2n) is 7.88. The Morgan fingerprint density at radius 2 is 1.67 bits per heavy atom. The van der Waals surface area contributed by atoms with E-state index < -0.39 is 18.1 Å². The highest BCUT2D eigenvalue weighted by molar-refractivity contribution is 5.85. The molecule has 1 saturated carbocycles. The fourth-order valence-corrected chi connectivity index (χ4v) is 4.04. The van der Waals surface area contributed by atoms with Crippen LogP contribution in [0.5, 0.6) is 0 Å². The van der Waals surface area contributed by atoms with Crippen molar-refractivity contribution in [2.24, 2.45) is 11.8 Å². The van der Waals surface area contributed by atoms with Crippen LogP contribution in [0.25, 0.3) is 11.1 Å². The van der Waals surface area contributed by atoms with E-state index >= 15 is 0 Å². The molecule has 0 aromatic heterocycles. The Kier molecular flexibility index (Phi) is 5.44. The van der Waals surface area contributed by atoms with Gasteiger partial charge in [-0.15, -0.1) is 0 Å². The summed E-state index contributed by atoms with van der Waals surface area (Å²) in [6, 6.07) is 15.4. The number of alkyl carbamates (subject to hydrolysis) is 1. The molecule has 2 aliphatic rings. The first-order chi connectivity index (χ1) is 14.5. The van der Waals surface area contributed by atoms with Gasteiger partial charge in [0.15, 0.2) is 0 Å². The average Bonchev–Trinajstić information content (AvgIpc) is 3.46. The first kappa shape index (κ1) is 19.9. The van der Waals surface area contributed by atoms with Crippen molar-refractivity contribution in [2.45, 2.75) is 25.3 Å². The van der Waals surface area contributed by atoms with Crippen molar-refractivity contribution < 1.29 is 24.2 Å². The fraction of sp³-hybridized carbons (Fsp3) is 0.348. The summed E-state index contributed by atoms with van der Waals surface area (Å²) < 4.78 is 5.44. The van der Waals surface area contributed by atoms with Crippen molar-refractivity contribution in [1.29, 1.82) is 0 Å². The van der Waals surface area contributed by atoms with E-state index in [9.17, 15) is 14.4 Å². The van der Waals surface area contributed by atoms with Crippen LogP contribution < -0.4 is 10.6 Å². The molecule has 2 aliphatic carbocycles. The van der Waals surface area contributed by atoms with E-state index in [4.69, 9.17) is 9.84 Å². The number of carboxylic acids is 1. The van der Waals surface area contributed by atoms with Crippen LogP contribution in [-0.4, -0.2) is 42.3 Å². The number of fused-ring (bicyclic) bond motifs is 3. The van der Waals surface area contributed by atoms with Gasteiger partial charge in [0, 0.05) is 12.5 Å². The lowest BCUT2D eigenvalue weighted by Crippen LogP contribution is -2.45. The van der Waals surface area contributed by atoms with Crippen LogP contribution >= 0.6 is 0 Å². The summed E-state index contributed by atoms with van der Waals surface area (Å²) in [6.45, 7) is 2.04. The number of carboxylic acid groups (broad SMARTS) is 1. The molecule has 2 unspecified atom stereocenters. The van der Waals surface area contributed by atoms with Crippen molar-refractivity contribution >= 4 is 18.0 Å². The fourth-order valence-electron chi connectivity index (χ4n) is 4.04. The molecule has 3 atom stereocenters. The molecule has 0 radical (unpaired) electrons. The maximum atomic E-state index is 12.2. The molecule has 7 heteroatoms. The number of aliphatic carboxylic acids is 1. The summed E-state index contributed by atoms with van der Waals surface area (Å²) in [5, 5.41) is 14.1. The standard InChI is InChI=1S/C23H24N2O5/c1-13(21(26)24-11-14-10-19(14)22(27)28)25-23(29)30-12-20-17-8-4-2-6-15(17)16-7-3-5-9-18(16)20/h2-9,13-14,19-20H,10-12H2,1H3,(H,24,26)(H,25,29)(H,27,28)/t13-,14?,19?/m1/s1. The van der Waals surface area contributed by atoms with E-state index in [-0.39, 0.29) is 30.3 Å². The molecule has 1 fully saturated rings. The number of carbonyl (C=O) groups is 3. The van der Waals surface area contributed by atoms with Gasteiger partial charge in [-0.3, -0.25) is 9.59 Å². The Balaban J connectivity index is 1.29. The van der Waals surface area contributed by atoms with Gasteiger partial charge in [-0.1, -0.05) is 48.5 Å². The van der Waals surface area contributed by atoms with Crippen LogP contribution in [0, 0.1) is 11.8 Å². The van der Waals surface area contributed by atoms with E-state index in [0.717, 1.165) is 22.3 Å². The number of nitrogens with one attached hydrogen (secondary N) is 2. The minimum Gasteiger partial charge on any atom is -0.481 e. The van der Waals surface area contributed by atoms with Gasteiger partial charge >= 0.3 is 12.1 Å². The Morgan fingerprint density at radius 1 is 1.07 bits per heavy atom. The van der Waals surface area contributed by atoms with Crippen molar-refractivity contribution in [3.05, 3.63) is 59.7 Å². The van der Waals surface area contributed by atoms with Gasteiger partial charge in [0.2, 0.25) is 5.91 Å². The van der Waals surface area contributed by atoms with Crippen LogP contribution in [0.4, 0.5) is 4.79 Å². The molecule has 2 aromatic carbocycles. The van der Waals surface area contributed by atoms with Crippen LogP contribution in [-0.2, 0) is 14.3 Å². The molecule has 2 amide bonds. The van der Waals surface area contributed by atoms with E-state index in [2.05, 4.69) is 22.8 Å². The van der Waals surface area contributed by atoms with Crippen molar-refractivity contribution in [2.75, 3.05) is 13.2 Å². The topological polar surface area (TPSA) is 105 Å². The zero-order chi connectivity index (χ0) is 21.3. The maximum absolute atomic E-state index is 12.2. The third kappa shape index (κ3) is 4.01. The molecular formula is C23H24N2O5. The van der Waals surface area contributed by atoms with Crippen molar-refractivity contribution in [3.63, 3.8) is 0 Å². The Morgan fingerprint density at radius 3 is 2.23 bits per heavy atom. The van der Waals surface area contributed by atoms with Gasteiger partial charge in [-0.2, -0.15) is 0 Å². The van der Waals surface area contributed by atoms with Gasteiger partial charge < -0.3 is 20.5 Å². The van der Waals surface area contributed by atoms with Gasteiger partial charge in [0.05, 0.1) is 5.92 Å². The number of ether oxygens (including phenoxy) is 1. The first-order valence-electron chi connectivity index (χ1n) is 10.1. The smallest absolute Gasteiger partial charge is 0.407 e. The molecule has 156 valence electrons. The Labute approximate surface area is 174 Å². The predicted molar refractivity (Wildman–Crippen MR) is 110 cm³/mol. The zero-order valence-electron chi connectivity index (χ0n) is 16.6. The quantitative estimate of drug-likeness (QED) is 0.653. The molecular weight excluding hydrogens is 384 g/mol. The van der Waals surface area contributed by atoms with Crippen molar-refractivity contribution in [1.82, 2.24) is 10.6 Å². The zero-order valence-corrected chi connectivity index (χ0v) is 16.6. The highest BCUT2D eigenvalue weighted by Crippen LogP contribution is 2.44. The van der Waals surface area contributed by atoms with Gasteiger partial charge in [0.1, 0.15) is 12.6 Å². The summed E-state index contributed by atoms with van der Waals surface area (Å²) >= 11 is 0. The summed E-state index contributed by atoms with van der Waals surface area (Å²) in [5.74, 6) is -1.66. The molecule has 0 spiro atoms. The van der Waals surface area contributed by atoms with E-state index in [1.807, 2.05) is 36.4 Å². The molecule has 4 rings (SSSR count). The number of amides is 2. The van der Waals surface area contributed by atoms with Crippen LogP contribution in [0.15, 0.2) is 48.5 Å². The van der Waals surface area contributed by atoms with E-state index in [0.29, 0.717) is 13.0 Å². The average molecular weight is 408 g/mol. The largest absolute Gasteiger partial charge is 0.481 e.